The van der Waals surface area contributed by atoms with Gasteiger partial charge in [0.25, 0.3) is 20.2 Å². The van der Waals surface area contributed by atoms with Crippen molar-refractivity contribution < 1.29 is 82.8 Å². The molecule has 2 saturated heterocycles. The minimum atomic E-state index is -4.87. The molecule has 6 bridgehead atoms. The van der Waals surface area contributed by atoms with Crippen LogP contribution in [0.5, 0.6) is 11.8 Å². The summed E-state index contributed by atoms with van der Waals surface area (Å²) in [5.41, 5.74) is 5.54. The van der Waals surface area contributed by atoms with Crippen molar-refractivity contribution in [2.75, 3.05) is 31.1 Å². The lowest BCUT2D eigenvalue weighted by Gasteiger charge is -2.34. The highest BCUT2D eigenvalue weighted by atomic mass is 32.2. The first-order valence-corrected chi connectivity index (χ1v) is 28.9. The molecule has 0 spiro atoms. The van der Waals surface area contributed by atoms with E-state index in [4.69, 9.17) is 14.3 Å². The molecule has 2 fully saturated rings. The summed E-state index contributed by atoms with van der Waals surface area (Å²) in [5, 5.41) is 33.5. The number of fused-ring (bicyclic) bond motifs is 21. The smallest absolute Gasteiger partial charge is 0.492 e. The molecule has 0 aliphatic carbocycles. The monoisotopic (exact) mass is 1120 g/mol. The summed E-state index contributed by atoms with van der Waals surface area (Å²) >= 11 is 0. The van der Waals surface area contributed by atoms with Crippen molar-refractivity contribution in [2.45, 2.75) is 135 Å². The maximum Gasteiger partial charge on any atom is 0.737 e. The highest BCUT2D eigenvalue weighted by Crippen LogP contribution is 2.48. The molecular weight excluding hydrogens is 1050 g/mol. The van der Waals surface area contributed by atoms with Crippen LogP contribution in [0.2, 0.25) is 0 Å². The van der Waals surface area contributed by atoms with Gasteiger partial charge in [-0.2, -0.15) is 16.8 Å². The first-order chi connectivity index (χ1) is 36.3. The van der Waals surface area contributed by atoms with E-state index >= 15 is 8.63 Å². The van der Waals surface area contributed by atoms with Crippen molar-refractivity contribution in [3.05, 3.63) is 86.9 Å². The summed E-state index contributed by atoms with van der Waals surface area (Å²) in [5.74, 6) is -7.45. The fraction of sp³-hybridized carbons (Fsp3) is 0.531. The van der Waals surface area contributed by atoms with Gasteiger partial charge in [0, 0.05) is 48.9 Å². The number of benzene rings is 1. The van der Waals surface area contributed by atoms with E-state index in [0.29, 0.717) is 127 Å². The lowest BCUT2D eigenvalue weighted by Crippen LogP contribution is -2.57. The van der Waals surface area contributed by atoms with E-state index in [-0.39, 0.29) is 43.2 Å². The van der Waals surface area contributed by atoms with Crippen LogP contribution in [-0.4, -0.2) is 154 Å². The molecular formula is C49H65BF2N8O15S2. The second-order valence-corrected chi connectivity index (χ2v) is 23.1. The number of amides is 3. The summed E-state index contributed by atoms with van der Waals surface area (Å²) in [4.78, 5) is 57.6. The number of epoxide rings is 2. The SMILES string of the molecule is CC1=C2CCC3OC3NCCCCCC(=O)NC(CS(=O)(=O)O)C(=O)NC(CS(=O)(=O)O)C(=O)NCCCCCNC3OC3CCc3c(C)c4n(c3C)[B-](F)(F)[N+](=C2C)C1=C4c1ccc(C(=O)On2c(O)ccc2O)cc1. The van der Waals surface area contributed by atoms with Gasteiger partial charge < -0.3 is 58.1 Å². The summed E-state index contributed by atoms with van der Waals surface area (Å²) in [6, 6.07) is 4.82. The fourth-order valence-electron chi connectivity index (χ4n) is 10.7. The van der Waals surface area contributed by atoms with Crippen LogP contribution in [0.1, 0.15) is 116 Å². The average molecular weight is 1120 g/mol. The zero-order valence-electron chi connectivity index (χ0n) is 43.0. The van der Waals surface area contributed by atoms with Crippen LogP contribution in [-0.2, 0) is 50.5 Å². The quantitative estimate of drug-likeness (QED) is 0.0710. The van der Waals surface area contributed by atoms with E-state index in [9.17, 15) is 55.3 Å². The lowest BCUT2D eigenvalue weighted by atomic mass is 9.83. The van der Waals surface area contributed by atoms with Crippen molar-refractivity contribution in [1.29, 1.82) is 0 Å². The number of carbonyl (C=O) groups excluding carboxylic acids is 4. The fourth-order valence-corrected chi connectivity index (χ4v) is 12.0. The number of nitrogens with zero attached hydrogens (tertiary/aromatic N) is 3. The molecule has 8 heterocycles. The van der Waals surface area contributed by atoms with E-state index in [1.54, 1.807) is 26.0 Å². The number of carbonyl (C=O) groups is 4. The van der Waals surface area contributed by atoms with Crippen LogP contribution in [0.3, 0.4) is 0 Å². The molecule has 2 aromatic heterocycles. The topological polar surface area (TPSA) is 325 Å². The van der Waals surface area contributed by atoms with Crippen LogP contribution in [0.15, 0.2) is 53.2 Å². The van der Waals surface area contributed by atoms with Crippen LogP contribution in [0.4, 0.5) is 8.63 Å². The highest BCUT2D eigenvalue weighted by molar-refractivity contribution is 7.86. The molecule has 3 amide bonds. The number of aromatic hydroxyl groups is 2. The number of rotatable bonds is 7. The third-order valence-electron chi connectivity index (χ3n) is 14.7. The number of halogens is 2. The van der Waals surface area contributed by atoms with Crippen molar-refractivity contribution in [1.82, 2.24) is 35.8 Å². The molecule has 77 heavy (non-hydrogen) atoms. The molecule has 420 valence electrons. The Bertz CT molecular complexity index is 3120. The van der Waals surface area contributed by atoms with Gasteiger partial charge in [0.05, 0.1) is 23.3 Å². The van der Waals surface area contributed by atoms with Gasteiger partial charge in [-0.3, -0.25) is 34.1 Å². The standard InChI is InChI=1S/C49H65BF2N8O15S2/c1-27-33-16-18-37-47(73-37)54-23-8-5-7-11-39(61)56-36(26-77(70,71)72)46(65)57-35(25-76(67,68)69)45(64)53-22-9-6-10-24-55-48-38(74-48)19-17-34-28(2)44-42(43(27)58(29(33)3)50(51,52)59(44)30(34)4)31-12-14-32(15-13-31)49(66)75-60-40(62)20-21-41(60)63/h12-15,20-21,35-38,47-48,54-55,62-63H,5-11,16-19,22-26H2,1-4H3,(H,53,64)(H,56,61)(H,57,65)(H,67,68,69)(H,70,71,72). The van der Waals surface area contributed by atoms with Gasteiger partial charge in [0.1, 0.15) is 41.8 Å². The van der Waals surface area contributed by atoms with E-state index in [1.165, 1.54) is 12.1 Å². The van der Waals surface area contributed by atoms with Gasteiger partial charge in [-0.25, -0.2) is 4.79 Å². The van der Waals surface area contributed by atoms with Crippen LogP contribution < -0.4 is 31.4 Å². The number of aromatic nitrogens is 2. The van der Waals surface area contributed by atoms with Crippen LogP contribution in [0, 0.1) is 13.8 Å². The maximum atomic E-state index is 17.6. The number of nitrogens with one attached hydrogen (secondary N) is 5. The Morgan fingerprint density at radius 3 is 1.91 bits per heavy atom. The molecule has 23 nitrogen and oxygen atoms in total. The van der Waals surface area contributed by atoms with E-state index in [0.717, 1.165) is 32.2 Å². The minimum absolute atomic E-state index is 0.0344. The Morgan fingerprint density at radius 1 is 0.753 bits per heavy atom. The molecule has 3 aromatic rings. The second kappa shape index (κ2) is 23.1. The molecule has 6 unspecified atom stereocenters. The summed E-state index contributed by atoms with van der Waals surface area (Å²) in [6.07, 6.45) is 3.69. The Labute approximate surface area is 444 Å². The summed E-state index contributed by atoms with van der Waals surface area (Å²) in [7, 11) is -9.73. The van der Waals surface area contributed by atoms with Gasteiger partial charge in [0.2, 0.25) is 29.5 Å². The maximum absolute atomic E-state index is 17.6. The molecule has 28 heteroatoms. The zero-order valence-corrected chi connectivity index (χ0v) is 44.6. The third-order valence-corrected chi connectivity index (χ3v) is 16.2. The molecule has 6 aliphatic heterocycles. The minimum Gasteiger partial charge on any atom is -0.492 e. The van der Waals surface area contributed by atoms with Gasteiger partial charge in [-0.1, -0.05) is 25.0 Å². The number of allylic oxidation sites excluding steroid dienone is 2. The summed E-state index contributed by atoms with van der Waals surface area (Å²) < 4.78 is 116. The van der Waals surface area contributed by atoms with Crippen molar-refractivity contribution in [2.24, 2.45) is 0 Å². The number of hydrogen-bond acceptors (Lipinski definition) is 15. The van der Waals surface area contributed by atoms with E-state index in [1.807, 2.05) is 13.8 Å². The van der Waals surface area contributed by atoms with Gasteiger partial charge in [-0.15, -0.1) is 4.73 Å². The lowest BCUT2D eigenvalue weighted by molar-refractivity contribution is -0.363. The Morgan fingerprint density at radius 2 is 1.31 bits per heavy atom. The molecule has 1 aromatic carbocycles. The van der Waals surface area contributed by atoms with Crippen molar-refractivity contribution in [3.63, 3.8) is 0 Å². The van der Waals surface area contributed by atoms with E-state index in [2.05, 4.69) is 26.6 Å². The predicted octanol–water partition coefficient (Wildman–Crippen LogP) is 2.33. The second-order valence-electron chi connectivity index (χ2n) is 20.1. The molecule has 9 N–H and O–H groups in total. The molecule has 9 rings (SSSR count). The number of ether oxygens (including phenoxy) is 2. The Balaban J connectivity index is 1.02. The third kappa shape index (κ3) is 13.3. The molecule has 6 atom stereocenters. The van der Waals surface area contributed by atoms with Crippen molar-refractivity contribution >= 4 is 62.2 Å². The normalized spacial score (nSPS) is 25.5. The van der Waals surface area contributed by atoms with Crippen molar-refractivity contribution in [3.8, 4) is 11.8 Å². The first-order valence-electron chi connectivity index (χ1n) is 25.6. The first kappa shape index (κ1) is 57.2. The Kier molecular flexibility index (Phi) is 17.2. The molecule has 0 radical (unpaired) electrons. The Hall–Kier alpha value is -6.01. The van der Waals surface area contributed by atoms with Gasteiger partial charge in [-0.05, 0) is 120 Å². The molecule has 6 aliphatic rings. The van der Waals surface area contributed by atoms with Crippen LogP contribution in [0.25, 0.3) is 5.57 Å². The predicted molar refractivity (Wildman–Crippen MR) is 275 cm³/mol. The van der Waals surface area contributed by atoms with Gasteiger partial charge >= 0.3 is 12.9 Å². The van der Waals surface area contributed by atoms with Gasteiger partial charge in [0.15, 0.2) is 5.70 Å². The highest BCUT2D eigenvalue weighted by Gasteiger charge is 2.57. The summed E-state index contributed by atoms with van der Waals surface area (Å²) in [6.45, 7) is 3.67. The van der Waals surface area contributed by atoms with Crippen LogP contribution >= 0.6 is 0 Å². The zero-order chi connectivity index (χ0) is 55.7. The largest absolute Gasteiger partial charge is 0.737 e. The average Bonchev–Trinajstić information content (AvgIpc) is 4.41. The molecule has 0 saturated carbocycles. The van der Waals surface area contributed by atoms with E-state index < -0.39 is 86.2 Å². The number of hydrogen-bond donors (Lipinski definition) is 9.